The second-order valence-corrected chi connectivity index (χ2v) is 9.45. The second kappa shape index (κ2) is 8.75. The van der Waals surface area contributed by atoms with Crippen LogP contribution in [0.1, 0.15) is 5.69 Å². The fourth-order valence-electron chi connectivity index (χ4n) is 3.11. The van der Waals surface area contributed by atoms with E-state index in [2.05, 4.69) is 31.0 Å². The number of thiazole rings is 1. The molecule has 2 aromatic heterocycles. The van der Waals surface area contributed by atoms with E-state index in [1.807, 2.05) is 0 Å². The topological polar surface area (TPSA) is 202 Å². The van der Waals surface area contributed by atoms with E-state index in [1.54, 1.807) is 7.05 Å². The number of hydrogen-bond donors (Lipinski definition) is 4. The molecule has 0 radical (unpaired) electrons. The number of β-lactam (4-membered cyclic amide) rings is 1. The lowest BCUT2D eigenvalue weighted by Gasteiger charge is -2.49. The SMILES string of the molecule is Cn1nnnc1SCC1=C(C(=O)O)N2C(=O)C(NC(=O)/C(=N/O)c3csc(N)n3)C2SC1. The maximum absolute atomic E-state index is 12.8. The number of oxime groups is 1. The number of tetrazole rings is 1. The first-order valence-corrected chi connectivity index (χ1v) is 11.7. The van der Waals surface area contributed by atoms with Gasteiger partial charge in [-0.3, -0.25) is 14.5 Å². The van der Waals surface area contributed by atoms with Crippen molar-refractivity contribution >= 4 is 63.5 Å². The predicted molar refractivity (Wildman–Crippen MR) is 114 cm³/mol. The molecule has 2 aliphatic heterocycles. The van der Waals surface area contributed by atoms with E-state index < -0.39 is 34.9 Å². The Balaban J connectivity index is 1.48. The smallest absolute Gasteiger partial charge is 0.352 e. The van der Waals surface area contributed by atoms with Gasteiger partial charge in [0.1, 0.15) is 22.8 Å². The Bertz CT molecular complexity index is 1160. The Hall–Kier alpha value is -3.18. The molecule has 2 atom stereocenters. The number of anilines is 1. The molecule has 1 fully saturated rings. The first-order valence-electron chi connectivity index (χ1n) is 8.81. The van der Waals surface area contributed by atoms with Gasteiger partial charge >= 0.3 is 5.97 Å². The maximum atomic E-state index is 12.8. The third-order valence-corrected chi connectivity index (χ3v) is 7.68. The van der Waals surface area contributed by atoms with Crippen molar-refractivity contribution in [1.82, 2.24) is 35.4 Å². The van der Waals surface area contributed by atoms with Crippen molar-refractivity contribution in [2.45, 2.75) is 16.6 Å². The zero-order chi connectivity index (χ0) is 23.0. The minimum atomic E-state index is -1.24. The Labute approximate surface area is 191 Å². The number of amides is 2. The normalized spacial score (nSPS) is 20.7. The van der Waals surface area contributed by atoms with Gasteiger partial charge in [-0.1, -0.05) is 16.9 Å². The molecule has 0 spiro atoms. The lowest BCUT2D eigenvalue weighted by atomic mass is 10.0. The summed E-state index contributed by atoms with van der Waals surface area (Å²) >= 11 is 3.63. The van der Waals surface area contributed by atoms with Gasteiger partial charge in [0.05, 0.1) is 0 Å². The Morgan fingerprint density at radius 1 is 1.47 bits per heavy atom. The van der Waals surface area contributed by atoms with Crippen LogP contribution >= 0.6 is 34.9 Å². The summed E-state index contributed by atoms with van der Waals surface area (Å²) in [5.41, 5.74) is 5.64. The van der Waals surface area contributed by atoms with Crippen LogP contribution in [0.5, 0.6) is 0 Å². The van der Waals surface area contributed by atoms with Gasteiger partial charge < -0.3 is 21.4 Å². The number of carboxylic acid groups (broad SMARTS) is 1. The van der Waals surface area contributed by atoms with Gasteiger partial charge in [-0.25, -0.2) is 14.5 Å². The van der Waals surface area contributed by atoms with Gasteiger partial charge in [0, 0.05) is 23.9 Å². The van der Waals surface area contributed by atoms with Crippen LogP contribution in [0.2, 0.25) is 0 Å². The van der Waals surface area contributed by atoms with Crippen molar-refractivity contribution in [2.75, 3.05) is 17.2 Å². The van der Waals surface area contributed by atoms with Crippen LogP contribution in [0.15, 0.2) is 27.0 Å². The third kappa shape index (κ3) is 3.89. The molecule has 32 heavy (non-hydrogen) atoms. The van der Waals surface area contributed by atoms with Crippen LogP contribution in [0, 0.1) is 0 Å². The van der Waals surface area contributed by atoms with Crippen molar-refractivity contribution in [2.24, 2.45) is 12.2 Å². The number of nitrogens with one attached hydrogen (secondary N) is 1. The first-order chi connectivity index (χ1) is 15.3. The summed E-state index contributed by atoms with van der Waals surface area (Å²) in [5.74, 6) is -2.03. The van der Waals surface area contributed by atoms with Crippen molar-refractivity contribution in [3.8, 4) is 0 Å². The summed E-state index contributed by atoms with van der Waals surface area (Å²) in [6, 6.07) is -0.980. The van der Waals surface area contributed by atoms with Gasteiger partial charge in [0.2, 0.25) is 5.16 Å². The van der Waals surface area contributed by atoms with E-state index in [4.69, 9.17) is 5.73 Å². The van der Waals surface area contributed by atoms with Crippen LogP contribution in [0.4, 0.5) is 5.13 Å². The van der Waals surface area contributed by atoms with E-state index in [9.17, 15) is 24.7 Å². The molecular formula is C15H15N9O5S3. The van der Waals surface area contributed by atoms with Gasteiger partial charge in [0.25, 0.3) is 11.8 Å². The summed E-state index contributed by atoms with van der Waals surface area (Å²) in [7, 11) is 1.66. The molecule has 14 nitrogen and oxygen atoms in total. The highest BCUT2D eigenvalue weighted by Gasteiger charge is 2.54. The summed E-state index contributed by atoms with van der Waals surface area (Å²) in [6.45, 7) is 0. The number of aromatic nitrogens is 5. The fraction of sp³-hybridized carbons (Fsp3) is 0.333. The van der Waals surface area contributed by atoms with Crippen molar-refractivity contribution in [3.05, 3.63) is 22.3 Å². The quantitative estimate of drug-likeness (QED) is 0.119. The lowest BCUT2D eigenvalue weighted by Crippen LogP contribution is -2.71. The Kier molecular flexibility index (Phi) is 6.02. The largest absolute Gasteiger partial charge is 0.477 e. The number of nitrogens with zero attached hydrogens (tertiary/aromatic N) is 7. The predicted octanol–water partition coefficient (Wildman–Crippen LogP) is -1.04. The second-order valence-electron chi connectivity index (χ2n) is 6.51. The molecule has 168 valence electrons. The highest BCUT2D eigenvalue weighted by Crippen LogP contribution is 2.41. The number of nitrogen functional groups attached to an aromatic ring is 1. The summed E-state index contributed by atoms with van der Waals surface area (Å²) in [4.78, 5) is 42.3. The number of carboxylic acids is 1. The number of carbonyl (C=O) groups excluding carboxylic acids is 2. The van der Waals surface area contributed by atoms with Gasteiger partial charge in [-0.2, -0.15) is 0 Å². The molecule has 0 bridgehead atoms. The third-order valence-electron chi connectivity index (χ3n) is 4.57. The Morgan fingerprint density at radius 2 is 2.25 bits per heavy atom. The van der Waals surface area contributed by atoms with Crippen LogP contribution in [-0.2, 0) is 21.4 Å². The Morgan fingerprint density at radius 3 is 2.84 bits per heavy atom. The van der Waals surface area contributed by atoms with Crippen LogP contribution in [0.3, 0.4) is 0 Å². The number of nitrogens with two attached hydrogens (primary N) is 1. The average molecular weight is 498 g/mol. The molecule has 0 aromatic carbocycles. The van der Waals surface area contributed by atoms with Gasteiger partial charge in [0.15, 0.2) is 10.8 Å². The molecule has 17 heteroatoms. The van der Waals surface area contributed by atoms with E-state index in [0.29, 0.717) is 16.5 Å². The molecule has 4 heterocycles. The number of thioether (sulfide) groups is 2. The number of aliphatic carboxylic acids is 1. The number of aryl methyl sites for hydroxylation is 1. The van der Waals surface area contributed by atoms with Crippen LogP contribution in [-0.4, -0.2) is 86.8 Å². The molecule has 2 aliphatic rings. The minimum absolute atomic E-state index is 0.0659. The zero-order valence-corrected chi connectivity index (χ0v) is 18.6. The molecule has 1 saturated heterocycles. The van der Waals surface area contributed by atoms with Gasteiger partial charge in [-0.05, 0) is 16.0 Å². The fourth-order valence-corrected chi connectivity index (χ4v) is 5.99. The van der Waals surface area contributed by atoms with E-state index in [0.717, 1.165) is 16.2 Å². The molecule has 5 N–H and O–H groups in total. The number of rotatable bonds is 7. The minimum Gasteiger partial charge on any atom is -0.477 e. The molecule has 2 amide bonds. The summed E-state index contributed by atoms with van der Waals surface area (Å²) in [6.07, 6.45) is 0. The van der Waals surface area contributed by atoms with Crippen molar-refractivity contribution in [1.29, 1.82) is 0 Å². The standard InChI is InChI=1S/C15H15N9O5S3/c1-23-15(19-21-22-23)32-3-5-2-30-12-8(11(26)24(12)9(5)13(27)28)18-10(25)7(20-29)6-4-31-14(16)17-6/h4,8,12,29H,2-3H2,1H3,(H2,16,17)(H,18,25)(H,27,28)/b20-7+. The molecule has 0 aliphatic carbocycles. The molecular weight excluding hydrogens is 482 g/mol. The number of hydrogen-bond acceptors (Lipinski definition) is 13. The highest BCUT2D eigenvalue weighted by atomic mass is 32.2. The lowest BCUT2D eigenvalue weighted by molar-refractivity contribution is -0.150. The highest BCUT2D eigenvalue weighted by molar-refractivity contribution is 8.01. The number of carbonyl (C=O) groups is 3. The zero-order valence-electron chi connectivity index (χ0n) is 16.2. The van der Waals surface area contributed by atoms with E-state index >= 15 is 0 Å². The molecule has 2 aromatic rings. The van der Waals surface area contributed by atoms with E-state index in [1.165, 1.54) is 33.6 Å². The monoisotopic (exact) mass is 497 g/mol. The molecule has 4 rings (SSSR count). The molecule has 0 saturated carbocycles. The first kappa shape index (κ1) is 22.0. The van der Waals surface area contributed by atoms with E-state index in [-0.39, 0.29) is 22.3 Å². The van der Waals surface area contributed by atoms with Crippen molar-refractivity contribution < 1.29 is 24.7 Å². The maximum Gasteiger partial charge on any atom is 0.352 e. The van der Waals surface area contributed by atoms with Crippen LogP contribution < -0.4 is 11.1 Å². The average Bonchev–Trinajstić information content (AvgIpc) is 3.37. The summed E-state index contributed by atoms with van der Waals surface area (Å²) in [5, 5.41) is 37.0. The van der Waals surface area contributed by atoms with Crippen molar-refractivity contribution in [3.63, 3.8) is 0 Å². The number of fused-ring (bicyclic) bond motifs is 1. The summed E-state index contributed by atoms with van der Waals surface area (Å²) < 4.78 is 1.46. The van der Waals surface area contributed by atoms with Gasteiger partial charge in [-0.15, -0.1) is 28.2 Å². The van der Waals surface area contributed by atoms with Crippen LogP contribution in [0.25, 0.3) is 0 Å². The molecule has 2 unspecified atom stereocenters.